The van der Waals surface area contributed by atoms with Gasteiger partial charge in [0.2, 0.25) is 0 Å². The average Bonchev–Trinajstić information content (AvgIpc) is 2.38. The molecule has 0 amide bonds. The van der Waals surface area contributed by atoms with E-state index in [4.69, 9.17) is 4.74 Å². The Kier molecular flexibility index (Phi) is 6.40. The van der Waals surface area contributed by atoms with Crippen LogP contribution in [0.2, 0.25) is 0 Å². The summed E-state index contributed by atoms with van der Waals surface area (Å²) in [6.07, 6.45) is 2.29. The highest BCUT2D eigenvalue weighted by Gasteiger charge is 2.10. The van der Waals surface area contributed by atoms with Gasteiger partial charge < -0.3 is 4.74 Å². The third-order valence-corrected chi connectivity index (χ3v) is 5.72. The molecule has 1 nitrogen and oxygen atoms in total. The van der Waals surface area contributed by atoms with Gasteiger partial charge >= 0.3 is 0 Å². The standard InChI is InChI=1S/C16H15I3O/c1-3-4-11-7-14(18)16(15(19)8-11)20-12-6-5-10(2)13(17)9-12/h5-9H,3-4H2,1-2H3. The van der Waals surface area contributed by atoms with Crippen LogP contribution in [0.1, 0.15) is 24.5 Å². The molecule has 0 aliphatic carbocycles. The normalized spacial score (nSPS) is 10.7. The summed E-state index contributed by atoms with van der Waals surface area (Å²) >= 11 is 7.07. The van der Waals surface area contributed by atoms with Crippen molar-refractivity contribution in [2.45, 2.75) is 26.7 Å². The summed E-state index contributed by atoms with van der Waals surface area (Å²) in [5.41, 5.74) is 2.66. The van der Waals surface area contributed by atoms with E-state index in [1.54, 1.807) is 0 Å². The fraction of sp³-hybridized carbons (Fsp3) is 0.250. The Morgan fingerprint density at radius 3 is 2.15 bits per heavy atom. The van der Waals surface area contributed by atoms with Crippen molar-refractivity contribution in [3.8, 4) is 11.5 Å². The molecule has 0 unspecified atom stereocenters. The van der Waals surface area contributed by atoms with E-state index in [1.165, 1.54) is 28.3 Å². The molecule has 0 aliphatic rings. The van der Waals surface area contributed by atoms with Crippen molar-refractivity contribution < 1.29 is 4.74 Å². The fourth-order valence-corrected chi connectivity index (χ4v) is 4.50. The van der Waals surface area contributed by atoms with Crippen LogP contribution in [0.15, 0.2) is 30.3 Å². The molecule has 0 aliphatic heterocycles. The van der Waals surface area contributed by atoms with Crippen LogP contribution in [-0.4, -0.2) is 0 Å². The Morgan fingerprint density at radius 1 is 0.950 bits per heavy atom. The van der Waals surface area contributed by atoms with E-state index in [9.17, 15) is 0 Å². The summed E-state index contributed by atoms with van der Waals surface area (Å²) in [5, 5.41) is 0. The van der Waals surface area contributed by atoms with Gasteiger partial charge in [-0.15, -0.1) is 0 Å². The maximum atomic E-state index is 6.09. The topological polar surface area (TPSA) is 9.23 Å². The van der Waals surface area contributed by atoms with E-state index >= 15 is 0 Å². The Labute approximate surface area is 161 Å². The highest BCUT2D eigenvalue weighted by atomic mass is 127. The van der Waals surface area contributed by atoms with E-state index in [-0.39, 0.29) is 0 Å². The van der Waals surface area contributed by atoms with E-state index in [1.807, 2.05) is 6.07 Å². The van der Waals surface area contributed by atoms with E-state index < -0.39 is 0 Å². The number of benzene rings is 2. The van der Waals surface area contributed by atoms with Gasteiger partial charge in [-0.3, -0.25) is 0 Å². The van der Waals surface area contributed by atoms with Crippen molar-refractivity contribution in [3.05, 3.63) is 52.2 Å². The molecule has 2 aromatic rings. The van der Waals surface area contributed by atoms with Crippen LogP contribution in [0.3, 0.4) is 0 Å². The number of hydrogen-bond acceptors (Lipinski definition) is 1. The molecule has 0 bridgehead atoms. The second-order valence-corrected chi connectivity index (χ2v) is 8.14. The Balaban J connectivity index is 2.31. The SMILES string of the molecule is CCCc1cc(I)c(Oc2ccc(C)c(I)c2)c(I)c1. The molecule has 2 rings (SSSR count). The third-order valence-electron chi connectivity index (χ3n) is 2.96. The summed E-state index contributed by atoms with van der Waals surface area (Å²) in [7, 11) is 0. The van der Waals surface area contributed by atoms with Crippen molar-refractivity contribution in [1.29, 1.82) is 0 Å². The zero-order chi connectivity index (χ0) is 14.7. The van der Waals surface area contributed by atoms with Crippen LogP contribution in [0.5, 0.6) is 11.5 Å². The van der Waals surface area contributed by atoms with Gasteiger partial charge in [-0.05, 0) is 117 Å². The van der Waals surface area contributed by atoms with E-state index in [2.05, 4.69) is 106 Å². The highest BCUT2D eigenvalue weighted by Crippen LogP contribution is 2.34. The molecule has 0 N–H and O–H groups in total. The zero-order valence-corrected chi connectivity index (χ0v) is 17.8. The molecule has 20 heavy (non-hydrogen) atoms. The summed E-state index contributed by atoms with van der Waals surface area (Å²) in [4.78, 5) is 0. The van der Waals surface area contributed by atoms with Gasteiger partial charge in [0.15, 0.2) is 5.75 Å². The van der Waals surface area contributed by atoms with Crippen LogP contribution in [0, 0.1) is 17.6 Å². The van der Waals surface area contributed by atoms with Crippen molar-refractivity contribution in [2.75, 3.05) is 0 Å². The molecule has 0 saturated heterocycles. The van der Waals surface area contributed by atoms with Gasteiger partial charge in [-0.1, -0.05) is 19.4 Å². The van der Waals surface area contributed by atoms with Gasteiger partial charge in [-0.2, -0.15) is 0 Å². The van der Waals surface area contributed by atoms with Crippen LogP contribution in [0.25, 0.3) is 0 Å². The van der Waals surface area contributed by atoms with Crippen LogP contribution < -0.4 is 4.74 Å². The zero-order valence-electron chi connectivity index (χ0n) is 11.3. The summed E-state index contributed by atoms with van der Waals surface area (Å²) in [6.45, 7) is 4.32. The van der Waals surface area contributed by atoms with Gasteiger partial charge in [-0.25, -0.2) is 0 Å². The average molecular weight is 604 g/mol. The van der Waals surface area contributed by atoms with Crippen LogP contribution in [-0.2, 0) is 6.42 Å². The molecular weight excluding hydrogens is 589 g/mol. The minimum Gasteiger partial charge on any atom is -0.455 e. The number of halogens is 3. The lowest BCUT2D eigenvalue weighted by Gasteiger charge is -2.12. The molecule has 4 heteroatoms. The molecule has 0 radical (unpaired) electrons. The third kappa shape index (κ3) is 4.22. The van der Waals surface area contributed by atoms with Gasteiger partial charge in [0.25, 0.3) is 0 Å². The molecule has 0 saturated carbocycles. The monoisotopic (exact) mass is 604 g/mol. The number of ether oxygens (including phenoxy) is 1. The van der Waals surface area contributed by atoms with Crippen molar-refractivity contribution >= 4 is 67.8 Å². The van der Waals surface area contributed by atoms with Crippen LogP contribution in [0.4, 0.5) is 0 Å². The lowest BCUT2D eigenvalue weighted by molar-refractivity contribution is 0.475. The second kappa shape index (κ2) is 7.62. The van der Waals surface area contributed by atoms with Crippen LogP contribution >= 0.6 is 67.8 Å². The summed E-state index contributed by atoms with van der Waals surface area (Å²) < 4.78 is 9.67. The second-order valence-electron chi connectivity index (χ2n) is 4.65. The Hall–Kier alpha value is 0.430. The minimum absolute atomic E-state index is 0.902. The maximum Gasteiger partial charge on any atom is 0.154 e. The van der Waals surface area contributed by atoms with Gasteiger partial charge in [0, 0.05) is 3.57 Å². The first-order chi connectivity index (χ1) is 9.51. The molecule has 0 fully saturated rings. The predicted octanol–water partition coefficient (Wildman–Crippen LogP) is 6.55. The fourth-order valence-electron chi connectivity index (χ4n) is 1.90. The summed E-state index contributed by atoms with van der Waals surface area (Å²) in [6, 6.07) is 10.7. The molecule has 0 spiro atoms. The minimum atomic E-state index is 0.902. The lowest BCUT2D eigenvalue weighted by Crippen LogP contribution is -1.95. The number of hydrogen-bond donors (Lipinski definition) is 0. The first-order valence-electron chi connectivity index (χ1n) is 6.43. The van der Waals surface area contributed by atoms with Gasteiger partial charge in [0.1, 0.15) is 5.75 Å². The first kappa shape index (κ1) is 16.8. The molecule has 2 aromatic carbocycles. The van der Waals surface area contributed by atoms with E-state index in [0.29, 0.717) is 0 Å². The number of rotatable bonds is 4. The smallest absolute Gasteiger partial charge is 0.154 e. The largest absolute Gasteiger partial charge is 0.455 e. The van der Waals surface area contributed by atoms with Crippen molar-refractivity contribution in [1.82, 2.24) is 0 Å². The lowest BCUT2D eigenvalue weighted by atomic mass is 10.1. The summed E-state index contributed by atoms with van der Waals surface area (Å²) in [5.74, 6) is 1.87. The first-order valence-corrected chi connectivity index (χ1v) is 9.66. The van der Waals surface area contributed by atoms with Crippen molar-refractivity contribution in [3.63, 3.8) is 0 Å². The highest BCUT2D eigenvalue weighted by molar-refractivity contribution is 14.1. The maximum absolute atomic E-state index is 6.09. The van der Waals surface area contributed by atoms with Crippen molar-refractivity contribution in [2.24, 2.45) is 0 Å². The molecule has 0 heterocycles. The number of aryl methyl sites for hydroxylation is 2. The predicted molar refractivity (Wildman–Crippen MR) is 110 cm³/mol. The molecule has 0 aromatic heterocycles. The Bertz CT molecular complexity index is 600. The van der Waals surface area contributed by atoms with E-state index in [0.717, 1.165) is 17.9 Å². The molecular formula is C16H15I3O. The Morgan fingerprint density at radius 2 is 1.60 bits per heavy atom. The molecule has 0 atom stereocenters. The molecule has 106 valence electrons. The van der Waals surface area contributed by atoms with Gasteiger partial charge in [0.05, 0.1) is 7.14 Å². The quantitative estimate of drug-likeness (QED) is 0.360.